The van der Waals surface area contributed by atoms with E-state index in [0.29, 0.717) is 5.69 Å². The number of nitrogens with zero attached hydrogens (tertiary/aromatic N) is 2. The molecule has 14 nitrogen and oxygen atoms in total. The molecule has 0 atom stereocenters. The second-order valence-corrected chi connectivity index (χ2v) is 12.0. The van der Waals surface area contributed by atoms with E-state index in [2.05, 4.69) is 19.7 Å². The summed E-state index contributed by atoms with van der Waals surface area (Å²) in [5, 5.41) is 21.0. The molecule has 0 spiro atoms. The van der Waals surface area contributed by atoms with Gasteiger partial charge in [0.05, 0.1) is 22.9 Å². The summed E-state index contributed by atoms with van der Waals surface area (Å²) < 4.78 is 91.7. The average Bonchev–Trinajstić information content (AvgIpc) is 2.76. The molecule has 0 aromatic heterocycles. The van der Waals surface area contributed by atoms with Gasteiger partial charge < -0.3 is 10.4 Å². The number of hydrogen-bond acceptors (Lipinski definition) is 11. The van der Waals surface area contributed by atoms with Crippen LogP contribution in [0.3, 0.4) is 0 Å². The number of amides is 1. The Hall–Kier alpha value is -1.48. The topological polar surface area (TPSA) is 226 Å². The third kappa shape index (κ3) is 9.83. The van der Waals surface area contributed by atoms with Crippen molar-refractivity contribution in [1.29, 1.82) is 0 Å². The van der Waals surface area contributed by atoms with Crippen molar-refractivity contribution in [2.75, 3.05) is 17.7 Å². The van der Waals surface area contributed by atoms with E-state index in [1.54, 1.807) is 0 Å². The van der Waals surface area contributed by atoms with Crippen molar-refractivity contribution in [1.82, 2.24) is 0 Å². The Morgan fingerprint density at radius 2 is 1.54 bits per heavy atom. The van der Waals surface area contributed by atoms with Gasteiger partial charge in [-0.2, -0.15) is 21.9 Å². The van der Waals surface area contributed by atoms with Crippen LogP contribution in [0.15, 0.2) is 68.6 Å². The Kier molecular flexibility index (Phi) is 12.7. The maximum atomic E-state index is 12.3. The van der Waals surface area contributed by atoms with Crippen LogP contribution in [-0.4, -0.2) is 117 Å². The summed E-state index contributed by atoms with van der Waals surface area (Å²) in [5.41, 5.74) is -0.231. The quantitative estimate of drug-likeness (QED) is 0.154. The minimum atomic E-state index is -4.89. The Balaban J connectivity index is 0.00000380. The van der Waals surface area contributed by atoms with Crippen molar-refractivity contribution in [2.45, 2.75) is 16.7 Å². The summed E-state index contributed by atoms with van der Waals surface area (Å²) in [6.45, 7) is 0.462. The number of azo groups is 1. The predicted octanol–water partition coefficient (Wildman–Crippen LogP) is 2.00. The van der Waals surface area contributed by atoms with Gasteiger partial charge in [0.15, 0.2) is 15.6 Å². The number of anilines is 1. The van der Waals surface area contributed by atoms with Crippen LogP contribution in [0, 0.1) is 0 Å². The number of sulfone groups is 1. The van der Waals surface area contributed by atoms with E-state index in [0.717, 1.165) is 18.2 Å². The zero-order valence-electron chi connectivity index (χ0n) is 20.8. The van der Waals surface area contributed by atoms with Gasteiger partial charge in [-0.15, -0.1) is 5.11 Å². The van der Waals surface area contributed by atoms with E-state index in [1.807, 2.05) is 0 Å². The van der Waals surface area contributed by atoms with E-state index in [1.165, 1.54) is 37.3 Å². The molecule has 0 aliphatic rings. The molecule has 1 amide bonds. The van der Waals surface area contributed by atoms with Crippen molar-refractivity contribution >= 4 is 123 Å². The summed E-state index contributed by atoms with van der Waals surface area (Å²) in [7, 11) is -13.7. The molecule has 0 aliphatic heterocycles. The number of rotatable bonds is 9. The Morgan fingerprint density at radius 3 is 2.08 bits per heavy atom. The number of carbonyl (C=O) groups excluding carboxylic acids is 1. The normalized spacial score (nSPS) is 12.1. The first-order valence-electron chi connectivity index (χ1n) is 9.98. The summed E-state index contributed by atoms with van der Waals surface area (Å²) in [4.78, 5) is 10.3. The first-order chi connectivity index (χ1) is 17.1. The van der Waals surface area contributed by atoms with Gasteiger partial charge in [0, 0.05) is 77.1 Å². The van der Waals surface area contributed by atoms with Crippen LogP contribution in [0.4, 0.5) is 17.1 Å². The molecule has 39 heavy (non-hydrogen) atoms. The van der Waals surface area contributed by atoms with Gasteiger partial charge in [-0.1, -0.05) is 0 Å². The minimum Gasteiger partial charge on any atom is -0.505 e. The number of hydrogen-bond donors (Lipinski definition) is 4. The fraction of sp³-hybridized carbons (Fsp3) is 0.150. The zero-order chi connectivity index (χ0) is 27.6. The Bertz CT molecular complexity index is 1730. The van der Waals surface area contributed by atoms with Crippen molar-refractivity contribution in [3.63, 3.8) is 0 Å². The standard InChI is InChI=1S/C20H19N3O11S3.2Na/c1-12(24)21-15-4-7-17-13(10-15)11-18(36(28,29)30)19(20(17)25)23-22-14-2-5-16(6-3-14)35(26,27)9-8-34-37(31,32)33;;/h2-7,10-11,25H,8-9H2,1H3,(H,21,24)(H,28,29,30)(H,31,32,33);;. The molecular formula is C20H19N3Na2O11S3. The Morgan fingerprint density at radius 1 is 0.923 bits per heavy atom. The van der Waals surface area contributed by atoms with Crippen LogP contribution in [0.25, 0.3) is 10.8 Å². The van der Waals surface area contributed by atoms with E-state index in [9.17, 15) is 39.7 Å². The monoisotopic (exact) mass is 619 g/mol. The molecule has 3 aromatic carbocycles. The maximum absolute atomic E-state index is 12.3. The maximum Gasteiger partial charge on any atom is 0.397 e. The molecule has 0 bridgehead atoms. The molecule has 19 heteroatoms. The zero-order valence-corrected chi connectivity index (χ0v) is 27.2. The van der Waals surface area contributed by atoms with Crippen LogP contribution >= 0.6 is 0 Å². The molecular weight excluding hydrogens is 600 g/mol. The predicted molar refractivity (Wildman–Crippen MR) is 141 cm³/mol. The molecule has 0 heterocycles. The van der Waals surface area contributed by atoms with Crippen molar-refractivity contribution < 1.29 is 48.4 Å². The summed E-state index contributed by atoms with van der Waals surface area (Å²) in [6.07, 6.45) is 0. The molecule has 4 N–H and O–H groups in total. The molecule has 0 aliphatic carbocycles. The van der Waals surface area contributed by atoms with E-state index in [4.69, 9.17) is 4.55 Å². The molecule has 200 valence electrons. The number of phenols is 1. The number of nitrogens with one attached hydrogen (secondary N) is 1. The van der Waals surface area contributed by atoms with E-state index in [-0.39, 0.29) is 86.4 Å². The molecule has 0 unspecified atom stereocenters. The number of benzene rings is 3. The third-order valence-electron chi connectivity index (χ3n) is 4.69. The summed E-state index contributed by atoms with van der Waals surface area (Å²) in [5.74, 6) is -1.75. The van der Waals surface area contributed by atoms with Crippen molar-refractivity contribution in [3.8, 4) is 5.75 Å². The van der Waals surface area contributed by atoms with E-state index >= 15 is 0 Å². The smallest absolute Gasteiger partial charge is 0.397 e. The number of carbonyl (C=O) groups is 1. The van der Waals surface area contributed by atoms with E-state index < -0.39 is 59.0 Å². The molecule has 2 radical (unpaired) electrons. The second kappa shape index (κ2) is 13.9. The summed E-state index contributed by atoms with van der Waals surface area (Å²) >= 11 is 0. The molecule has 0 saturated heterocycles. The number of aromatic hydroxyl groups is 1. The fourth-order valence-corrected chi connectivity index (χ4v) is 5.27. The van der Waals surface area contributed by atoms with Gasteiger partial charge in [0.25, 0.3) is 10.1 Å². The summed E-state index contributed by atoms with van der Waals surface area (Å²) in [6, 6.07) is 9.90. The van der Waals surface area contributed by atoms with Gasteiger partial charge in [-0.05, 0) is 53.9 Å². The van der Waals surface area contributed by atoms with Gasteiger partial charge in [0.2, 0.25) is 5.91 Å². The average molecular weight is 620 g/mol. The second-order valence-electron chi connectivity index (χ2n) is 7.43. The van der Waals surface area contributed by atoms with Gasteiger partial charge in [-0.3, -0.25) is 13.9 Å². The van der Waals surface area contributed by atoms with Gasteiger partial charge in [-0.25, -0.2) is 12.6 Å². The SMILES string of the molecule is CC(=O)Nc1ccc2c(O)c(N=Nc3ccc(S(=O)(=O)CCOS(=O)(=O)O)cc3)c(S(=O)(=O)O)cc2c1.[Na].[Na]. The first kappa shape index (κ1) is 35.5. The Labute approximate surface area is 268 Å². The molecule has 3 aromatic rings. The number of fused-ring (bicyclic) bond motifs is 1. The first-order valence-corrected chi connectivity index (χ1v) is 14.4. The van der Waals surface area contributed by atoms with Crippen LogP contribution in [0.1, 0.15) is 6.92 Å². The largest absolute Gasteiger partial charge is 0.505 e. The van der Waals surface area contributed by atoms with Crippen LogP contribution in [0.2, 0.25) is 0 Å². The molecule has 3 rings (SSSR count). The minimum absolute atomic E-state index is 0. The fourth-order valence-electron chi connectivity index (χ4n) is 3.12. The van der Waals surface area contributed by atoms with Gasteiger partial charge >= 0.3 is 10.4 Å². The molecule has 0 fully saturated rings. The van der Waals surface area contributed by atoms with Crippen molar-refractivity contribution in [2.24, 2.45) is 10.2 Å². The molecule has 0 saturated carbocycles. The van der Waals surface area contributed by atoms with Crippen LogP contribution < -0.4 is 5.32 Å². The van der Waals surface area contributed by atoms with Crippen LogP contribution in [0.5, 0.6) is 5.75 Å². The third-order valence-corrected chi connectivity index (χ3v) is 7.72. The van der Waals surface area contributed by atoms with Crippen LogP contribution in [-0.2, 0) is 39.3 Å². The van der Waals surface area contributed by atoms with Gasteiger partial charge in [0.1, 0.15) is 10.6 Å². The number of phenolic OH excluding ortho intramolecular Hbond substituents is 1. The van der Waals surface area contributed by atoms with Crippen molar-refractivity contribution in [3.05, 3.63) is 48.5 Å².